The first-order valence-electron chi connectivity index (χ1n) is 3.51. The van der Waals surface area contributed by atoms with E-state index in [2.05, 4.69) is 15.1 Å². The maximum absolute atomic E-state index is 8.33. The molecule has 0 atom stereocenters. The van der Waals surface area contributed by atoms with Crippen molar-refractivity contribution in [1.82, 2.24) is 9.97 Å². The molecule has 0 unspecified atom stereocenters. The molecular weight excluding hydrogens is 154 g/mol. The molecule has 0 saturated heterocycles. The maximum atomic E-state index is 8.33. The second-order valence-electron chi connectivity index (χ2n) is 2.39. The van der Waals surface area contributed by atoms with E-state index in [1.807, 2.05) is 12.1 Å². The lowest BCUT2D eigenvalue weighted by Gasteiger charge is -1.87. The third kappa shape index (κ3) is 0.934. The Kier molecular flexibility index (Phi) is 1.51. The number of fused-ring (bicyclic) bond motifs is 1. The van der Waals surface area contributed by atoms with Crippen LogP contribution in [0.15, 0.2) is 29.7 Å². The zero-order valence-corrected chi connectivity index (χ0v) is 6.23. The number of nitrogens with zero attached hydrogens (tertiary/aromatic N) is 2. The fourth-order valence-corrected chi connectivity index (χ4v) is 1.15. The monoisotopic (exact) mass is 161 g/mol. The van der Waals surface area contributed by atoms with Crippen LogP contribution in [0.4, 0.5) is 0 Å². The first-order chi connectivity index (χ1) is 5.92. The highest BCUT2D eigenvalue weighted by molar-refractivity contribution is 5.97. The Bertz CT molecular complexity index is 419. The van der Waals surface area contributed by atoms with Gasteiger partial charge >= 0.3 is 0 Å². The van der Waals surface area contributed by atoms with Crippen LogP contribution in [0.2, 0.25) is 0 Å². The van der Waals surface area contributed by atoms with E-state index in [1.54, 1.807) is 12.4 Å². The van der Waals surface area contributed by atoms with Gasteiger partial charge in [0.1, 0.15) is 5.65 Å². The van der Waals surface area contributed by atoms with Gasteiger partial charge < -0.3 is 10.2 Å². The van der Waals surface area contributed by atoms with Gasteiger partial charge in [0.25, 0.3) is 0 Å². The van der Waals surface area contributed by atoms with Gasteiger partial charge in [-0.15, -0.1) is 0 Å². The predicted molar refractivity (Wildman–Crippen MR) is 45.5 cm³/mol. The van der Waals surface area contributed by atoms with Crippen LogP contribution in [-0.4, -0.2) is 21.4 Å². The van der Waals surface area contributed by atoms with E-state index in [0.29, 0.717) is 0 Å². The van der Waals surface area contributed by atoms with E-state index < -0.39 is 0 Å². The fourth-order valence-electron chi connectivity index (χ4n) is 1.15. The van der Waals surface area contributed by atoms with Crippen LogP contribution in [0.5, 0.6) is 0 Å². The SMILES string of the molecule is ON=Cc1c[nH]c2ncccc12. The number of oxime groups is 1. The summed E-state index contributed by atoms with van der Waals surface area (Å²) in [7, 11) is 0. The third-order valence-electron chi connectivity index (χ3n) is 1.68. The van der Waals surface area contributed by atoms with Gasteiger partial charge in [0.15, 0.2) is 0 Å². The van der Waals surface area contributed by atoms with Crippen molar-refractivity contribution in [2.45, 2.75) is 0 Å². The van der Waals surface area contributed by atoms with Crippen molar-refractivity contribution in [2.24, 2.45) is 5.16 Å². The molecule has 0 fully saturated rings. The Hall–Kier alpha value is -1.84. The summed E-state index contributed by atoms with van der Waals surface area (Å²) in [5.41, 5.74) is 1.63. The van der Waals surface area contributed by atoms with Crippen LogP contribution < -0.4 is 0 Å². The van der Waals surface area contributed by atoms with Gasteiger partial charge in [0, 0.05) is 23.3 Å². The molecule has 0 radical (unpaired) electrons. The van der Waals surface area contributed by atoms with Crippen LogP contribution in [0.25, 0.3) is 11.0 Å². The number of pyridine rings is 1. The molecule has 0 saturated carbocycles. The molecule has 0 bridgehead atoms. The Labute approximate surface area is 68.6 Å². The molecule has 2 aromatic rings. The molecule has 0 aromatic carbocycles. The van der Waals surface area contributed by atoms with Crippen molar-refractivity contribution in [2.75, 3.05) is 0 Å². The minimum atomic E-state index is 0.799. The van der Waals surface area contributed by atoms with Crippen LogP contribution in [0.1, 0.15) is 5.56 Å². The summed E-state index contributed by atoms with van der Waals surface area (Å²) < 4.78 is 0. The predicted octanol–water partition coefficient (Wildman–Crippen LogP) is 1.37. The molecule has 0 aliphatic rings. The van der Waals surface area contributed by atoms with Crippen LogP contribution in [0.3, 0.4) is 0 Å². The number of hydrogen-bond acceptors (Lipinski definition) is 3. The first-order valence-corrected chi connectivity index (χ1v) is 3.51. The third-order valence-corrected chi connectivity index (χ3v) is 1.68. The molecule has 4 nitrogen and oxygen atoms in total. The average molecular weight is 161 g/mol. The highest BCUT2D eigenvalue weighted by Gasteiger charge is 1.99. The molecule has 2 aromatic heterocycles. The zero-order chi connectivity index (χ0) is 8.39. The number of aromatic nitrogens is 2. The highest BCUT2D eigenvalue weighted by Crippen LogP contribution is 2.12. The summed E-state index contributed by atoms with van der Waals surface area (Å²) in [4.78, 5) is 7.04. The molecule has 0 amide bonds. The van der Waals surface area contributed by atoms with E-state index in [0.717, 1.165) is 16.6 Å². The second kappa shape index (κ2) is 2.65. The Morgan fingerprint density at radius 2 is 2.50 bits per heavy atom. The normalized spacial score (nSPS) is 11.3. The lowest BCUT2D eigenvalue weighted by molar-refractivity contribution is 0.322. The van der Waals surface area contributed by atoms with Crippen molar-refractivity contribution in [3.05, 3.63) is 30.1 Å². The summed E-state index contributed by atoms with van der Waals surface area (Å²) in [6.45, 7) is 0. The lowest BCUT2D eigenvalue weighted by Crippen LogP contribution is -1.77. The van der Waals surface area contributed by atoms with Crippen LogP contribution >= 0.6 is 0 Å². The topological polar surface area (TPSA) is 61.3 Å². The van der Waals surface area contributed by atoms with Gasteiger partial charge in [-0.2, -0.15) is 0 Å². The molecule has 2 rings (SSSR count). The van der Waals surface area contributed by atoms with Crippen LogP contribution in [0, 0.1) is 0 Å². The second-order valence-corrected chi connectivity index (χ2v) is 2.39. The standard InChI is InChI=1S/C8H7N3O/c12-11-5-6-4-10-8-7(6)2-1-3-9-8/h1-5,12H,(H,9,10). The highest BCUT2D eigenvalue weighted by atomic mass is 16.4. The van der Waals surface area contributed by atoms with Crippen molar-refractivity contribution < 1.29 is 5.21 Å². The zero-order valence-electron chi connectivity index (χ0n) is 6.23. The van der Waals surface area contributed by atoms with Crippen molar-refractivity contribution in [3.63, 3.8) is 0 Å². The van der Waals surface area contributed by atoms with E-state index in [9.17, 15) is 0 Å². The molecule has 2 heterocycles. The lowest BCUT2D eigenvalue weighted by atomic mass is 10.2. The number of rotatable bonds is 1. The van der Waals surface area contributed by atoms with Gasteiger partial charge in [0.05, 0.1) is 6.21 Å². The van der Waals surface area contributed by atoms with E-state index >= 15 is 0 Å². The number of aromatic amines is 1. The smallest absolute Gasteiger partial charge is 0.137 e. The first kappa shape index (κ1) is 6.84. The number of nitrogens with one attached hydrogen (secondary N) is 1. The van der Waals surface area contributed by atoms with E-state index in [-0.39, 0.29) is 0 Å². The molecular formula is C8H7N3O. The van der Waals surface area contributed by atoms with Gasteiger partial charge in [-0.25, -0.2) is 4.98 Å². The molecule has 4 heteroatoms. The summed E-state index contributed by atoms with van der Waals surface area (Å²) in [5, 5.41) is 12.2. The minimum Gasteiger partial charge on any atom is -0.411 e. The minimum absolute atomic E-state index is 0.799. The number of H-pyrrole nitrogens is 1. The summed E-state index contributed by atoms with van der Waals surface area (Å²) in [6.07, 6.45) is 4.83. The summed E-state index contributed by atoms with van der Waals surface area (Å²) >= 11 is 0. The molecule has 2 N–H and O–H groups in total. The van der Waals surface area contributed by atoms with Crippen LogP contribution in [-0.2, 0) is 0 Å². The molecule has 12 heavy (non-hydrogen) atoms. The van der Waals surface area contributed by atoms with Gasteiger partial charge in [-0.1, -0.05) is 5.16 Å². The quantitative estimate of drug-likeness (QED) is 0.377. The number of hydrogen-bond donors (Lipinski definition) is 2. The largest absolute Gasteiger partial charge is 0.411 e. The van der Waals surface area contributed by atoms with Crippen molar-refractivity contribution in [1.29, 1.82) is 0 Å². The average Bonchev–Trinajstić information content (AvgIpc) is 2.50. The van der Waals surface area contributed by atoms with E-state index in [1.165, 1.54) is 6.21 Å². The Morgan fingerprint density at radius 3 is 3.33 bits per heavy atom. The summed E-state index contributed by atoms with van der Waals surface area (Å²) in [5.74, 6) is 0. The summed E-state index contributed by atoms with van der Waals surface area (Å²) in [6, 6.07) is 3.75. The molecule has 0 aliphatic heterocycles. The molecule has 0 spiro atoms. The maximum Gasteiger partial charge on any atom is 0.137 e. The van der Waals surface area contributed by atoms with Gasteiger partial charge in [0.2, 0.25) is 0 Å². The Morgan fingerprint density at radius 1 is 1.58 bits per heavy atom. The molecule has 0 aliphatic carbocycles. The Balaban J connectivity index is 2.70. The van der Waals surface area contributed by atoms with E-state index in [4.69, 9.17) is 5.21 Å². The fraction of sp³-hybridized carbons (Fsp3) is 0. The molecule has 60 valence electrons. The van der Waals surface area contributed by atoms with Gasteiger partial charge in [-0.05, 0) is 12.1 Å². The van der Waals surface area contributed by atoms with Crippen molar-refractivity contribution in [3.8, 4) is 0 Å². The van der Waals surface area contributed by atoms with Crippen molar-refractivity contribution >= 4 is 17.2 Å². The van der Waals surface area contributed by atoms with Gasteiger partial charge in [-0.3, -0.25) is 0 Å².